The van der Waals surface area contributed by atoms with Gasteiger partial charge in [-0.25, -0.2) is 9.59 Å². The molecule has 2 rings (SSSR count). The zero-order valence-electron chi connectivity index (χ0n) is 13.9. The van der Waals surface area contributed by atoms with E-state index in [1.165, 1.54) is 0 Å². The molecule has 0 bridgehead atoms. The van der Waals surface area contributed by atoms with Crippen LogP contribution in [-0.4, -0.2) is 62.8 Å². The molecule has 0 aromatic carbocycles. The molecule has 2 aliphatic rings. The van der Waals surface area contributed by atoms with Crippen molar-refractivity contribution in [1.29, 1.82) is 0 Å². The lowest BCUT2D eigenvalue weighted by molar-refractivity contribution is -0.203. The van der Waals surface area contributed by atoms with Crippen LogP contribution in [0.15, 0.2) is 0 Å². The van der Waals surface area contributed by atoms with Gasteiger partial charge in [0.1, 0.15) is 0 Å². The van der Waals surface area contributed by atoms with E-state index in [9.17, 15) is 9.59 Å². The summed E-state index contributed by atoms with van der Waals surface area (Å²) in [6.45, 7) is 6.00. The minimum absolute atomic E-state index is 0.369. The van der Waals surface area contributed by atoms with Gasteiger partial charge in [-0.15, -0.1) is 0 Å². The minimum Gasteiger partial charge on any atom is -0.389 e. The van der Waals surface area contributed by atoms with Crippen molar-refractivity contribution in [2.75, 3.05) is 39.6 Å². The lowest BCUT2D eigenvalue weighted by atomic mass is 9.92. The first kappa shape index (κ1) is 18.3. The van der Waals surface area contributed by atoms with Crippen LogP contribution in [0, 0.1) is 0 Å². The van der Waals surface area contributed by atoms with Crippen molar-refractivity contribution >= 4 is 11.9 Å². The van der Waals surface area contributed by atoms with Gasteiger partial charge in [-0.3, -0.25) is 0 Å². The quantitative estimate of drug-likeness (QED) is 0.535. The topological polar surface area (TPSA) is 80.3 Å². The molecule has 0 unspecified atom stereocenters. The van der Waals surface area contributed by atoms with Crippen molar-refractivity contribution in [2.45, 2.75) is 50.7 Å². The van der Waals surface area contributed by atoms with Crippen LogP contribution in [0.3, 0.4) is 0 Å². The summed E-state index contributed by atoms with van der Waals surface area (Å²) in [5, 5.41) is 0. The third-order valence-corrected chi connectivity index (χ3v) is 4.37. The van der Waals surface area contributed by atoms with Gasteiger partial charge < -0.3 is 23.7 Å². The van der Waals surface area contributed by atoms with E-state index in [2.05, 4.69) is 0 Å². The summed E-state index contributed by atoms with van der Waals surface area (Å²) in [6, 6.07) is 0. The molecule has 0 amide bonds. The lowest BCUT2D eigenvalue weighted by Gasteiger charge is -2.37. The van der Waals surface area contributed by atoms with Gasteiger partial charge in [0.05, 0.1) is 0 Å². The highest BCUT2D eigenvalue weighted by molar-refractivity contribution is 5.94. The Hall–Kier alpha value is -1.02. The third-order valence-electron chi connectivity index (χ3n) is 4.37. The molecule has 2 fully saturated rings. The Kier molecular flexibility index (Phi) is 6.52. The van der Waals surface area contributed by atoms with E-state index in [4.69, 9.17) is 23.7 Å². The second-order valence-corrected chi connectivity index (χ2v) is 5.76. The van der Waals surface area contributed by atoms with Crippen LogP contribution in [0.2, 0.25) is 0 Å². The highest BCUT2D eigenvalue weighted by Crippen LogP contribution is 2.31. The highest BCUT2D eigenvalue weighted by atomic mass is 16.6. The number of rotatable bonds is 6. The zero-order chi connectivity index (χ0) is 16.8. The first-order valence-electron chi connectivity index (χ1n) is 8.29. The third kappa shape index (κ3) is 4.09. The number of hydrogen-bond acceptors (Lipinski definition) is 7. The smallest absolute Gasteiger partial charge is 0.346 e. The molecule has 0 aromatic rings. The summed E-state index contributed by atoms with van der Waals surface area (Å²) in [5.41, 5.74) is -2.19. The number of esters is 2. The molecule has 0 N–H and O–H groups in total. The van der Waals surface area contributed by atoms with Gasteiger partial charge in [0.25, 0.3) is 0 Å². The Morgan fingerprint density at radius 1 is 0.783 bits per heavy atom. The molecular formula is C16H26O7. The van der Waals surface area contributed by atoms with E-state index in [0.29, 0.717) is 65.3 Å². The van der Waals surface area contributed by atoms with Crippen LogP contribution >= 0.6 is 0 Å². The first-order valence-corrected chi connectivity index (χ1v) is 8.29. The summed E-state index contributed by atoms with van der Waals surface area (Å²) >= 11 is 0. The van der Waals surface area contributed by atoms with E-state index >= 15 is 0 Å². The molecule has 2 saturated heterocycles. The van der Waals surface area contributed by atoms with Crippen molar-refractivity contribution in [2.24, 2.45) is 0 Å². The van der Waals surface area contributed by atoms with E-state index in [1.54, 1.807) is 0 Å². The maximum atomic E-state index is 12.6. The Bertz CT molecular complexity index is 360. The largest absolute Gasteiger partial charge is 0.389 e. The van der Waals surface area contributed by atoms with Crippen molar-refractivity contribution in [3.05, 3.63) is 0 Å². The molecule has 0 aliphatic carbocycles. The molecular weight excluding hydrogens is 304 g/mol. The summed E-state index contributed by atoms with van der Waals surface area (Å²) in [4.78, 5) is 25.2. The standard InChI is InChI=1S/C16H26O7/c1-3-21-15(5-9-19-10-6-15)13(17)23-14(18)16(22-4-2)7-11-20-12-8-16/h3-12H2,1-2H3. The molecule has 2 heterocycles. The van der Waals surface area contributed by atoms with Crippen molar-refractivity contribution < 1.29 is 33.3 Å². The summed E-state index contributed by atoms with van der Waals surface area (Å²) in [6.07, 6.45) is 1.55. The SMILES string of the molecule is CCOC1(C(=O)OC(=O)C2(OCC)CCOCC2)CCOCC1. The molecule has 7 nitrogen and oxygen atoms in total. The normalized spacial score (nSPS) is 23.2. The Morgan fingerprint density at radius 2 is 1.13 bits per heavy atom. The van der Waals surface area contributed by atoms with E-state index in [0.717, 1.165) is 0 Å². The number of carbonyl (C=O) groups excluding carboxylic acids is 2. The number of hydrogen-bond donors (Lipinski definition) is 0. The average molecular weight is 330 g/mol. The second kappa shape index (κ2) is 8.19. The van der Waals surface area contributed by atoms with Crippen LogP contribution in [0.4, 0.5) is 0 Å². The molecule has 0 aromatic heterocycles. The van der Waals surface area contributed by atoms with Crippen LogP contribution < -0.4 is 0 Å². The van der Waals surface area contributed by atoms with Crippen molar-refractivity contribution in [3.8, 4) is 0 Å². The molecule has 23 heavy (non-hydrogen) atoms. The van der Waals surface area contributed by atoms with Gasteiger partial charge in [-0.2, -0.15) is 0 Å². The van der Waals surface area contributed by atoms with Crippen LogP contribution in [0.1, 0.15) is 39.5 Å². The summed E-state index contributed by atoms with van der Waals surface area (Å²) in [7, 11) is 0. The predicted molar refractivity (Wildman–Crippen MR) is 79.9 cm³/mol. The van der Waals surface area contributed by atoms with Gasteiger partial charge in [0.15, 0.2) is 11.2 Å². The molecule has 0 atom stereocenters. The molecule has 7 heteroatoms. The Balaban J connectivity index is 2.08. The first-order chi connectivity index (χ1) is 11.1. The van der Waals surface area contributed by atoms with Gasteiger partial charge in [-0.1, -0.05) is 0 Å². The second-order valence-electron chi connectivity index (χ2n) is 5.76. The monoisotopic (exact) mass is 330 g/mol. The van der Waals surface area contributed by atoms with Crippen LogP contribution in [0.5, 0.6) is 0 Å². The molecule has 2 aliphatic heterocycles. The van der Waals surface area contributed by atoms with Crippen LogP contribution in [0.25, 0.3) is 0 Å². The van der Waals surface area contributed by atoms with E-state index in [1.807, 2.05) is 13.8 Å². The predicted octanol–water partition coefficient (Wildman–Crippen LogP) is 1.23. The van der Waals surface area contributed by atoms with Gasteiger partial charge in [0, 0.05) is 65.3 Å². The maximum Gasteiger partial charge on any atom is 0.346 e. The minimum atomic E-state index is -1.10. The van der Waals surface area contributed by atoms with E-state index < -0.39 is 23.1 Å². The molecule has 0 saturated carbocycles. The fourth-order valence-corrected chi connectivity index (χ4v) is 3.04. The summed E-state index contributed by atoms with van der Waals surface area (Å²) in [5.74, 6) is -1.28. The maximum absolute atomic E-state index is 12.6. The molecule has 0 spiro atoms. The Labute approximate surface area is 136 Å². The fourth-order valence-electron chi connectivity index (χ4n) is 3.04. The Morgan fingerprint density at radius 3 is 1.43 bits per heavy atom. The number of ether oxygens (including phenoxy) is 5. The van der Waals surface area contributed by atoms with Crippen molar-refractivity contribution in [1.82, 2.24) is 0 Å². The highest BCUT2D eigenvalue weighted by Gasteiger charge is 2.48. The van der Waals surface area contributed by atoms with E-state index in [-0.39, 0.29) is 0 Å². The summed E-state index contributed by atoms with van der Waals surface area (Å²) < 4.78 is 27.1. The zero-order valence-corrected chi connectivity index (χ0v) is 13.9. The number of carbonyl (C=O) groups is 2. The lowest BCUT2D eigenvalue weighted by Crippen LogP contribution is -2.53. The van der Waals surface area contributed by atoms with Gasteiger partial charge in [0.2, 0.25) is 0 Å². The average Bonchev–Trinajstić information content (AvgIpc) is 2.57. The molecule has 0 radical (unpaired) electrons. The molecule has 132 valence electrons. The van der Waals surface area contributed by atoms with Crippen molar-refractivity contribution in [3.63, 3.8) is 0 Å². The fraction of sp³-hybridized carbons (Fsp3) is 0.875. The van der Waals surface area contributed by atoms with Gasteiger partial charge >= 0.3 is 11.9 Å². The van der Waals surface area contributed by atoms with Gasteiger partial charge in [-0.05, 0) is 13.8 Å². The van der Waals surface area contributed by atoms with Crippen LogP contribution in [-0.2, 0) is 33.3 Å².